The van der Waals surface area contributed by atoms with E-state index < -0.39 is 5.97 Å². The molecule has 0 fully saturated rings. The summed E-state index contributed by atoms with van der Waals surface area (Å²) in [6.07, 6.45) is 0. The zero-order valence-electron chi connectivity index (χ0n) is 14.4. The average molecular weight is 395 g/mol. The number of thioether (sulfide) groups is 1. The molecule has 4 nitrogen and oxygen atoms in total. The van der Waals surface area contributed by atoms with Crippen LogP contribution in [0.4, 0.5) is 0 Å². The smallest absolute Gasteiger partial charge is 0.313 e. The molecular formula is C21H15ClN2O2S. The molecule has 6 heteroatoms. The lowest BCUT2D eigenvalue weighted by atomic mass is 9.99. The fourth-order valence-corrected chi connectivity index (χ4v) is 3.44. The molecule has 0 radical (unpaired) electrons. The van der Waals surface area contributed by atoms with Crippen LogP contribution in [0.2, 0.25) is 5.02 Å². The lowest BCUT2D eigenvalue weighted by Crippen LogP contribution is -2.01. The van der Waals surface area contributed by atoms with Gasteiger partial charge < -0.3 is 5.11 Å². The minimum Gasteiger partial charge on any atom is -0.481 e. The number of aliphatic carboxylic acids is 1. The van der Waals surface area contributed by atoms with Crippen LogP contribution in [0.1, 0.15) is 11.1 Å². The maximum absolute atomic E-state index is 11.0. The van der Waals surface area contributed by atoms with Gasteiger partial charge in [-0.2, -0.15) is 5.26 Å². The Balaban J connectivity index is 2.20. The molecule has 27 heavy (non-hydrogen) atoms. The van der Waals surface area contributed by atoms with Crippen molar-refractivity contribution in [2.45, 2.75) is 11.9 Å². The SMILES string of the molecule is Cc1ccc(-c2cc(-c3ccc(Cl)cc3)c(C#N)c(SCC(=O)O)n2)cc1. The number of nitriles is 1. The van der Waals surface area contributed by atoms with Gasteiger partial charge in [0.15, 0.2) is 0 Å². The van der Waals surface area contributed by atoms with Crippen molar-refractivity contribution in [1.29, 1.82) is 5.26 Å². The summed E-state index contributed by atoms with van der Waals surface area (Å²) in [6, 6.07) is 19.1. The molecule has 0 aliphatic carbocycles. The van der Waals surface area contributed by atoms with E-state index >= 15 is 0 Å². The first-order chi connectivity index (χ1) is 13.0. The Morgan fingerprint density at radius 1 is 1.15 bits per heavy atom. The van der Waals surface area contributed by atoms with Gasteiger partial charge in [-0.05, 0) is 30.7 Å². The molecule has 0 aliphatic rings. The van der Waals surface area contributed by atoms with Crippen LogP contribution in [0.5, 0.6) is 0 Å². The number of halogens is 1. The third-order valence-electron chi connectivity index (χ3n) is 3.93. The number of aromatic nitrogens is 1. The average Bonchev–Trinajstić information content (AvgIpc) is 2.66. The molecule has 1 aromatic heterocycles. The monoisotopic (exact) mass is 394 g/mol. The van der Waals surface area contributed by atoms with Gasteiger partial charge in [-0.25, -0.2) is 4.98 Å². The highest BCUT2D eigenvalue weighted by Gasteiger charge is 2.16. The second-order valence-electron chi connectivity index (χ2n) is 5.90. The molecular weight excluding hydrogens is 380 g/mol. The molecule has 0 saturated carbocycles. The predicted molar refractivity (Wildman–Crippen MR) is 108 cm³/mol. The Labute approximate surface area is 166 Å². The van der Waals surface area contributed by atoms with E-state index in [0.29, 0.717) is 26.9 Å². The second kappa shape index (κ2) is 8.26. The zero-order chi connectivity index (χ0) is 19.4. The van der Waals surface area contributed by atoms with Crippen molar-refractivity contribution >= 4 is 29.3 Å². The van der Waals surface area contributed by atoms with E-state index in [0.717, 1.165) is 28.5 Å². The van der Waals surface area contributed by atoms with Gasteiger partial charge in [-0.1, -0.05) is 65.3 Å². The van der Waals surface area contributed by atoms with Crippen LogP contribution in [-0.4, -0.2) is 21.8 Å². The maximum atomic E-state index is 11.0. The first-order valence-corrected chi connectivity index (χ1v) is 9.47. The Morgan fingerprint density at radius 2 is 1.78 bits per heavy atom. The van der Waals surface area contributed by atoms with Crippen LogP contribution >= 0.6 is 23.4 Å². The van der Waals surface area contributed by atoms with Gasteiger partial charge in [-0.3, -0.25) is 4.79 Å². The van der Waals surface area contributed by atoms with E-state index in [1.54, 1.807) is 12.1 Å². The fourth-order valence-electron chi connectivity index (χ4n) is 2.59. The lowest BCUT2D eigenvalue weighted by Gasteiger charge is -2.12. The van der Waals surface area contributed by atoms with Gasteiger partial charge in [0.2, 0.25) is 0 Å². The predicted octanol–water partition coefficient (Wildman–Crippen LogP) is 5.43. The van der Waals surface area contributed by atoms with Gasteiger partial charge >= 0.3 is 5.97 Å². The Kier molecular flexibility index (Phi) is 5.80. The summed E-state index contributed by atoms with van der Waals surface area (Å²) < 4.78 is 0. The number of carbonyl (C=O) groups is 1. The molecule has 0 saturated heterocycles. The number of hydrogen-bond acceptors (Lipinski definition) is 4. The van der Waals surface area contributed by atoms with Crippen molar-refractivity contribution in [2.75, 3.05) is 5.75 Å². The molecule has 0 unspecified atom stereocenters. The summed E-state index contributed by atoms with van der Waals surface area (Å²) >= 11 is 7.03. The number of aryl methyl sites for hydroxylation is 1. The quantitative estimate of drug-likeness (QED) is 0.584. The number of carboxylic acids is 1. The van der Waals surface area contributed by atoms with Crippen LogP contribution in [0.15, 0.2) is 59.6 Å². The summed E-state index contributed by atoms with van der Waals surface area (Å²) in [5.74, 6) is -1.13. The molecule has 3 rings (SSSR count). The van der Waals surface area contributed by atoms with Crippen molar-refractivity contribution in [3.05, 3.63) is 70.7 Å². The van der Waals surface area contributed by atoms with Crippen LogP contribution in [0, 0.1) is 18.3 Å². The molecule has 3 aromatic rings. The Bertz CT molecular complexity index is 1030. The highest BCUT2D eigenvalue weighted by molar-refractivity contribution is 7.99. The number of nitrogens with zero attached hydrogens (tertiary/aromatic N) is 2. The van der Waals surface area contributed by atoms with E-state index in [9.17, 15) is 10.1 Å². The van der Waals surface area contributed by atoms with Crippen molar-refractivity contribution in [3.63, 3.8) is 0 Å². The van der Waals surface area contributed by atoms with Crippen LogP contribution in [0.3, 0.4) is 0 Å². The normalized spacial score (nSPS) is 10.4. The molecule has 1 heterocycles. The number of benzene rings is 2. The van der Waals surface area contributed by atoms with Gasteiger partial charge in [0.25, 0.3) is 0 Å². The van der Waals surface area contributed by atoms with Gasteiger partial charge in [-0.15, -0.1) is 0 Å². The standard InChI is InChI=1S/C21H15ClN2O2S/c1-13-2-4-15(5-3-13)19-10-17(14-6-8-16(22)9-7-14)18(11-23)21(24-19)27-12-20(25)26/h2-10H,12H2,1H3,(H,25,26). The topological polar surface area (TPSA) is 74.0 Å². The summed E-state index contributed by atoms with van der Waals surface area (Å²) in [5.41, 5.74) is 4.60. The van der Waals surface area contributed by atoms with E-state index in [1.807, 2.05) is 49.4 Å². The van der Waals surface area contributed by atoms with Crippen molar-refractivity contribution < 1.29 is 9.90 Å². The molecule has 0 bridgehead atoms. The second-order valence-corrected chi connectivity index (χ2v) is 7.30. The molecule has 0 amide bonds. The Hall–Kier alpha value is -2.81. The van der Waals surface area contributed by atoms with E-state index in [4.69, 9.17) is 16.7 Å². The van der Waals surface area contributed by atoms with Crippen LogP contribution in [0.25, 0.3) is 22.4 Å². The van der Waals surface area contributed by atoms with E-state index in [-0.39, 0.29) is 5.75 Å². The summed E-state index contributed by atoms with van der Waals surface area (Å²) in [4.78, 5) is 15.6. The minimum absolute atomic E-state index is 0.168. The zero-order valence-corrected chi connectivity index (χ0v) is 16.0. The molecule has 0 spiro atoms. The molecule has 1 N–H and O–H groups in total. The number of carboxylic acid groups (broad SMARTS) is 1. The van der Waals surface area contributed by atoms with E-state index in [1.165, 1.54) is 0 Å². The third kappa shape index (κ3) is 4.48. The number of hydrogen-bond donors (Lipinski definition) is 1. The maximum Gasteiger partial charge on any atom is 0.313 e. The molecule has 134 valence electrons. The van der Waals surface area contributed by atoms with Gasteiger partial charge in [0.1, 0.15) is 11.1 Å². The number of rotatable bonds is 5. The fraction of sp³-hybridized carbons (Fsp3) is 0.0952. The van der Waals surface area contributed by atoms with Crippen LogP contribution < -0.4 is 0 Å². The van der Waals surface area contributed by atoms with Gasteiger partial charge in [0, 0.05) is 16.1 Å². The first-order valence-electron chi connectivity index (χ1n) is 8.10. The number of pyridine rings is 1. The molecule has 0 aliphatic heterocycles. The Morgan fingerprint density at radius 3 is 2.37 bits per heavy atom. The minimum atomic E-state index is -0.959. The summed E-state index contributed by atoms with van der Waals surface area (Å²) in [5, 5.41) is 19.7. The molecule has 0 atom stereocenters. The lowest BCUT2D eigenvalue weighted by molar-refractivity contribution is -0.133. The first kappa shape index (κ1) is 19.0. The highest BCUT2D eigenvalue weighted by Crippen LogP contribution is 2.34. The van der Waals surface area contributed by atoms with Crippen molar-refractivity contribution in [1.82, 2.24) is 4.98 Å². The van der Waals surface area contributed by atoms with Crippen LogP contribution in [-0.2, 0) is 4.79 Å². The molecule has 2 aromatic carbocycles. The van der Waals surface area contributed by atoms with Crippen molar-refractivity contribution in [2.24, 2.45) is 0 Å². The van der Waals surface area contributed by atoms with E-state index in [2.05, 4.69) is 11.1 Å². The third-order valence-corrected chi connectivity index (χ3v) is 5.15. The highest BCUT2D eigenvalue weighted by atomic mass is 35.5. The van der Waals surface area contributed by atoms with Crippen molar-refractivity contribution in [3.8, 4) is 28.5 Å². The van der Waals surface area contributed by atoms with Gasteiger partial charge in [0.05, 0.1) is 17.0 Å². The summed E-state index contributed by atoms with van der Waals surface area (Å²) in [7, 11) is 0. The largest absolute Gasteiger partial charge is 0.481 e. The summed E-state index contributed by atoms with van der Waals surface area (Å²) in [6.45, 7) is 2.00.